The van der Waals surface area contributed by atoms with Gasteiger partial charge in [-0.05, 0) is 36.4 Å². The lowest BCUT2D eigenvalue weighted by Crippen LogP contribution is -2.37. The predicted octanol–water partition coefficient (Wildman–Crippen LogP) is 1.64. The van der Waals surface area contributed by atoms with Gasteiger partial charge in [-0.15, -0.1) is 15.3 Å². The van der Waals surface area contributed by atoms with Crippen molar-refractivity contribution in [2.75, 3.05) is 38.3 Å². The second-order valence-electron chi connectivity index (χ2n) is 5.31. The summed E-state index contributed by atoms with van der Waals surface area (Å²) in [5.74, 6) is 2.44. The van der Waals surface area contributed by atoms with Crippen LogP contribution in [0.4, 0.5) is 5.82 Å². The lowest BCUT2D eigenvalue weighted by Gasteiger charge is -2.27. The van der Waals surface area contributed by atoms with Crippen LogP contribution < -0.4 is 9.64 Å². The van der Waals surface area contributed by atoms with Gasteiger partial charge in [-0.2, -0.15) is 4.52 Å². The molecule has 23 heavy (non-hydrogen) atoms. The minimum Gasteiger partial charge on any atom is -0.497 e. The highest BCUT2D eigenvalue weighted by atomic mass is 16.5. The van der Waals surface area contributed by atoms with E-state index >= 15 is 0 Å². The van der Waals surface area contributed by atoms with Crippen molar-refractivity contribution < 1.29 is 9.47 Å². The van der Waals surface area contributed by atoms with Gasteiger partial charge in [0.25, 0.3) is 0 Å². The van der Waals surface area contributed by atoms with Gasteiger partial charge in [0.15, 0.2) is 11.5 Å². The zero-order valence-corrected chi connectivity index (χ0v) is 12.8. The van der Waals surface area contributed by atoms with Crippen molar-refractivity contribution in [3.05, 3.63) is 36.4 Å². The fourth-order valence-electron chi connectivity index (χ4n) is 2.66. The van der Waals surface area contributed by atoms with Crippen LogP contribution in [0, 0.1) is 0 Å². The molecule has 0 spiro atoms. The van der Waals surface area contributed by atoms with Crippen molar-refractivity contribution >= 4 is 11.5 Å². The number of benzene rings is 1. The summed E-state index contributed by atoms with van der Waals surface area (Å²) >= 11 is 0. The van der Waals surface area contributed by atoms with E-state index < -0.39 is 0 Å². The van der Waals surface area contributed by atoms with Gasteiger partial charge in [-0.3, -0.25) is 0 Å². The fraction of sp³-hybridized carbons (Fsp3) is 0.312. The summed E-state index contributed by atoms with van der Waals surface area (Å²) in [5, 5.41) is 13.2. The van der Waals surface area contributed by atoms with Gasteiger partial charge in [0.2, 0.25) is 0 Å². The Bertz CT molecular complexity index is 809. The minimum absolute atomic E-state index is 0.720. The largest absolute Gasteiger partial charge is 0.497 e. The molecule has 1 fully saturated rings. The maximum Gasteiger partial charge on any atom is 0.185 e. The van der Waals surface area contributed by atoms with Crippen molar-refractivity contribution in [1.29, 1.82) is 0 Å². The third-order valence-electron chi connectivity index (χ3n) is 3.93. The van der Waals surface area contributed by atoms with E-state index in [1.807, 2.05) is 36.4 Å². The molecule has 1 aliphatic heterocycles. The Balaban J connectivity index is 1.74. The van der Waals surface area contributed by atoms with Crippen LogP contribution in [0.3, 0.4) is 0 Å². The van der Waals surface area contributed by atoms with E-state index in [9.17, 15) is 0 Å². The quantitative estimate of drug-likeness (QED) is 0.732. The molecule has 1 aromatic carbocycles. The molecular weight excluding hydrogens is 294 g/mol. The molecule has 0 radical (unpaired) electrons. The van der Waals surface area contributed by atoms with Gasteiger partial charge in [-0.25, -0.2) is 0 Å². The summed E-state index contributed by atoms with van der Waals surface area (Å²) in [6.07, 6.45) is 0. The molecule has 3 aromatic rings. The molecule has 0 unspecified atom stereocenters. The van der Waals surface area contributed by atoms with Crippen LogP contribution in [0.2, 0.25) is 0 Å². The van der Waals surface area contributed by atoms with Crippen LogP contribution in [-0.4, -0.2) is 53.2 Å². The molecule has 0 amide bonds. The van der Waals surface area contributed by atoms with Gasteiger partial charge in [-0.1, -0.05) is 0 Å². The number of aromatic nitrogens is 4. The Labute approximate surface area is 133 Å². The number of hydrogen-bond acceptors (Lipinski definition) is 6. The number of morpholine rings is 1. The SMILES string of the molecule is COc1ccc(-c2nnc3ccc(N4CCOCC4)nn23)cc1. The molecule has 0 N–H and O–H groups in total. The van der Waals surface area contributed by atoms with Crippen LogP contribution in [0.5, 0.6) is 5.75 Å². The van der Waals surface area contributed by atoms with Crippen LogP contribution in [0.1, 0.15) is 0 Å². The van der Waals surface area contributed by atoms with Gasteiger partial charge in [0.1, 0.15) is 11.6 Å². The molecular formula is C16H17N5O2. The van der Waals surface area contributed by atoms with E-state index in [4.69, 9.17) is 14.6 Å². The lowest BCUT2D eigenvalue weighted by atomic mass is 10.2. The number of hydrogen-bond donors (Lipinski definition) is 0. The van der Waals surface area contributed by atoms with Crippen molar-refractivity contribution in [2.24, 2.45) is 0 Å². The second kappa shape index (κ2) is 5.85. The van der Waals surface area contributed by atoms with E-state index in [-0.39, 0.29) is 0 Å². The van der Waals surface area contributed by atoms with Crippen LogP contribution in [0.15, 0.2) is 36.4 Å². The van der Waals surface area contributed by atoms with E-state index in [1.54, 1.807) is 11.6 Å². The number of nitrogens with zero attached hydrogens (tertiary/aromatic N) is 5. The average Bonchev–Trinajstić information content (AvgIpc) is 3.05. The van der Waals surface area contributed by atoms with Crippen LogP contribution in [0.25, 0.3) is 17.0 Å². The summed E-state index contributed by atoms with van der Waals surface area (Å²) in [4.78, 5) is 2.21. The Morgan fingerprint density at radius 1 is 1.00 bits per heavy atom. The van der Waals surface area contributed by atoms with Crippen molar-refractivity contribution in [3.8, 4) is 17.1 Å². The summed E-state index contributed by atoms with van der Waals surface area (Å²) < 4.78 is 12.4. The topological polar surface area (TPSA) is 64.8 Å². The molecule has 0 aliphatic carbocycles. The van der Waals surface area contributed by atoms with E-state index in [0.717, 1.165) is 54.9 Å². The van der Waals surface area contributed by atoms with E-state index in [0.29, 0.717) is 0 Å². The van der Waals surface area contributed by atoms with Gasteiger partial charge < -0.3 is 14.4 Å². The molecule has 4 rings (SSSR count). The molecule has 0 bridgehead atoms. The Morgan fingerprint density at radius 2 is 1.78 bits per heavy atom. The lowest BCUT2D eigenvalue weighted by molar-refractivity contribution is 0.122. The summed E-state index contributed by atoms with van der Waals surface area (Å²) in [7, 11) is 1.65. The summed E-state index contributed by atoms with van der Waals surface area (Å²) in [5.41, 5.74) is 1.68. The third-order valence-corrected chi connectivity index (χ3v) is 3.93. The summed E-state index contributed by atoms with van der Waals surface area (Å²) in [6, 6.07) is 11.6. The van der Waals surface area contributed by atoms with E-state index in [1.165, 1.54) is 0 Å². The molecule has 3 heterocycles. The molecule has 7 nitrogen and oxygen atoms in total. The van der Waals surface area contributed by atoms with E-state index in [2.05, 4.69) is 15.1 Å². The highest BCUT2D eigenvalue weighted by Gasteiger charge is 2.15. The molecule has 118 valence electrons. The Kier molecular flexibility index (Phi) is 3.55. The Hall–Kier alpha value is -2.67. The van der Waals surface area contributed by atoms with Gasteiger partial charge in [0.05, 0.1) is 20.3 Å². The van der Waals surface area contributed by atoms with Crippen LogP contribution in [-0.2, 0) is 4.74 Å². The first-order valence-corrected chi connectivity index (χ1v) is 7.55. The average molecular weight is 311 g/mol. The first-order valence-electron chi connectivity index (χ1n) is 7.55. The number of anilines is 1. The molecule has 2 aromatic heterocycles. The smallest absolute Gasteiger partial charge is 0.185 e. The number of ether oxygens (including phenoxy) is 2. The highest BCUT2D eigenvalue weighted by Crippen LogP contribution is 2.22. The molecule has 1 saturated heterocycles. The van der Waals surface area contributed by atoms with Crippen molar-refractivity contribution in [3.63, 3.8) is 0 Å². The van der Waals surface area contributed by atoms with Crippen LogP contribution >= 0.6 is 0 Å². The standard InChI is InChI=1S/C16H17N5O2/c1-22-13-4-2-12(3-5-13)16-18-17-14-6-7-15(19-21(14)16)20-8-10-23-11-9-20/h2-7H,8-11H2,1H3. The first-order chi connectivity index (χ1) is 11.3. The van der Waals surface area contributed by atoms with Gasteiger partial charge in [0, 0.05) is 18.7 Å². The Morgan fingerprint density at radius 3 is 2.52 bits per heavy atom. The molecule has 1 aliphatic rings. The van der Waals surface area contributed by atoms with Gasteiger partial charge >= 0.3 is 0 Å². The minimum atomic E-state index is 0.720. The number of fused-ring (bicyclic) bond motifs is 1. The number of rotatable bonds is 3. The number of methoxy groups -OCH3 is 1. The normalized spacial score (nSPS) is 15.1. The zero-order valence-electron chi connectivity index (χ0n) is 12.8. The highest BCUT2D eigenvalue weighted by molar-refractivity contribution is 5.60. The maximum absolute atomic E-state index is 5.40. The van der Waals surface area contributed by atoms with Crippen molar-refractivity contribution in [1.82, 2.24) is 19.8 Å². The monoisotopic (exact) mass is 311 g/mol. The maximum atomic E-state index is 5.40. The third kappa shape index (κ3) is 2.59. The summed E-state index contributed by atoms with van der Waals surface area (Å²) in [6.45, 7) is 3.15. The molecule has 7 heteroatoms. The predicted molar refractivity (Wildman–Crippen MR) is 85.8 cm³/mol. The first kappa shape index (κ1) is 14.0. The van der Waals surface area contributed by atoms with Crippen molar-refractivity contribution in [2.45, 2.75) is 0 Å². The second-order valence-corrected chi connectivity index (χ2v) is 5.31. The molecule has 0 saturated carbocycles. The zero-order chi connectivity index (χ0) is 15.6. The molecule has 0 atom stereocenters. The fourth-order valence-corrected chi connectivity index (χ4v) is 2.66.